The Bertz CT molecular complexity index is 631. The fraction of sp³-hybridized carbons (Fsp3) is 0.250. The van der Waals surface area contributed by atoms with Gasteiger partial charge in [0.05, 0.1) is 10.7 Å². The summed E-state index contributed by atoms with van der Waals surface area (Å²) in [5, 5.41) is 4.54. The summed E-state index contributed by atoms with van der Waals surface area (Å²) < 4.78 is 13.9. The normalized spacial score (nSPS) is 21.0. The van der Waals surface area contributed by atoms with Crippen LogP contribution in [0.5, 0.6) is 0 Å². The average molecular weight is 389 g/mol. The molecule has 0 amide bonds. The van der Waals surface area contributed by atoms with E-state index in [1.54, 1.807) is 0 Å². The molecule has 21 heavy (non-hydrogen) atoms. The average Bonchev–Trinajstić information content (AvgIpc) is 2.37. The molecule has 1 N–H and O–H groups in total. The van der Waals surface area contributed by atoms with E-state index in [-0.39, 0.29) is 5.82 Å². The Kier molecular flexibility index (Phi) is 4.43. The summed E-state index contributed by atoms with van der Waals surface area (Å²) in [5.74, 6) is 0.197. The Morgan fingerprint density at radius 1 is 1.10 bits per heavy atom. The third kappa shape index (κ3) is 3.36. The maximum atomic E-state index is 13.2. The predicted octanol–water partition coefficient (Wildman–Crippen LogP) is 6.25. The van der Waals surface area contributed by atoms with E-state index in [0.29, 0.717) is 21.5 Å². The number of nitrogens with one attached hydrogen (secondary N) is 1. The fourth-order valence-corrected chi connectivity index (χ4v) is 3.67. The number of anilines is 1. The molecule has 0 aromatic heterocycles. The van der Waals surface area contributed by atoms with Crippen molar-refractivity contribution in [3.63, 3.8) is 0 Å². The third-order valence-electron chi connectivity index (χ3n) is 3.83. The maximum absolute atomic E-state index is 13.2. The molecule has 1 fully saturated rings. The van der Waals surface area contributed by atoms with Gasteiger partial charge in [0, 0.05) is 15.5 Å². The summed E-state index contributed by atoms with van der Waals surface area (Å²) in [5.41, 5.74) is 2.07. The van der Waals surface area contributed by atoms with Crippen LogP contribution in [0.1, 0.15) is 24.3 Å². The molecule has 0 saturated heterocycles. The van der Waals surface area contributed by atoms with Crippen molar-refractivity contribution in [3.8, 4) is 0 Å². The lowest BCUT2D eigenvalue weighted by molar-refractivity contribution is 0.374. The van der Waals surface area contributed by atoms with E-state index in [1.807, 2.05) is 12.1 Å². The number of hydrogen-bond donors (Lipinski definition) is 1. The summed E-state index contributed by atoms with van der Waals surface area (Å²) in [6.45, 7) is 0. The minimum Gasteiger partial charge on any atom is -0.380 e. The highest BCUT2D eigenvalue weighted by Gasteiger charge is 2.31. The van der Waals surface area contributed by atoms with Crippen LogP contribution < -0.4 is 5.32 Å². The van der Waals surface area contributed by atoms with E-state index in [1.165, 1.54) is 17.7 Å². The third-order valence-corrected chi connectivity index (χ3v) is 5.01. The van der Waals surface area contributed by atoms with E-state index in [9.17, 15) is 4.39 Å². The lowest BCUT2D eigenvalue weighted by Gasteiger charge is -2.37. The Morgan fingerprint density at radius 2 is 1.76 bits per heavy atom. The number of benzene rings is 2. The molecule has 1 nitrogen and oxygen atoms in total. The SMILES string of the molecule is Fc1cc(Cl)c(NC2CC(c3ccc(Cl)cc3)C2)c(Br)c1. The van der Waals surface area contributed by atoms with Gasteiger partial charge in [-0.15, -0.1) is 0 Å². The summed E-state index contributed by atoms with van der Waals surface area (Å²) in [4.78, 5) is 0. The van der Waals surface area contributed by atoms with E-state index in [2.05, 4.69) is 33.4 Å². The first kappa shape index (κ1) is 15.1. The Balaban J connectivity index is 1.64. The number of hydrogen-bond acceptors (Lipinski definition) is 1. The zero-order chi connectivity index (χ0) is 15.0. The van der Waals surface area contributed by atoms with Crippen LogP contribution in [0.4, 0.5) is 10.1 Å². The van der Waals surface area contributed by atoms with Gasteiger partial charge in [0.15, 0.2) is 0 Å². The predicted molar refractivity (Wildman–Crippen MR) is 89.9 cm³/mol. The van der Waals surface area contributed by atoms with Crippen molar-refractivity contribution in [2.24, 2.45) is 0 Å². The molecule has 1 aliphatic rings. The molecule has 0 spiro atoms. The van der Waals surface area contributed by atoms with Gasteiger partial charge < -0.3 is 5.32 Å². The molecule has 2 aromatic rings. The summed E-state index contributed by atoms with van der Waals surface area (Å²) in [6.07, 6.45) is 2.06. The van der Waals surface area contributed by atoms with Gasteiger partial charge in [0.2, 0.25) is 0 Å². The zero-order valence-electron chi connectivity index (χ0n) is 11.0. The van der Waals surface area contributed by atoms with Crippen LogP contribution in [-0.4, -0.2) is 6.04 Å². The molecule has 0 bridgehead atoms. The molecule has 0 aliphatic heterocycles. The highest BCUT2D eigenvalue weighted by Crippen LogP contribution is 2.41. The Morgan fingerprint density at radius 3 is 2.38 bits per heavy atom. The minimum atomic E-state index is -0.343. The molecule has 0 atom stereocenters. The van der Waals surface area contributed by atoms with Crippen LogP contribution in [-0.2, 0) is 0 Å². The topological polar surface area (TPSA) is 12.0 Å². The van der Waals surface area contributed by atoms with Crippen molar-refractivity contribution in [1.82, 2.24) is 0 Å². The van der Waals surface area contributed by atoms with Crippen molar-refractivity contribution < 1.29 is 4.39 Å². The maximum Gasteiger partial charge on any atom is 0.125 e. The standard InChI is InChI=1S/C16H13BrCl2FN/c17-14-7-12(20)8-15(19)16(14)21-13-5-10(6-13)9-1-3-11(18)4-2-9/h1-4,7-8,10,13,21H,5-6H2. The second kappa shape index (κ2) is 6.15. The Hall–Kier alpha value is -0.770. The van der Waals surface area contributed by atoms with Crippen molar-refractivity contribution in [2.45, 2.75) is 24.8 Å². The number of halogens is 4. The van der Waals surface area contributed by atoms with Gasteiger partial charge in [-0.2, -0.15) is 0 Å². The fourth-order valence-electron chi connectivity index (χ4n) is 2.63. The first-order chi connectivity index (χ1) is 10.0. The van der Waals surface area contributed by atoms with Crippen LogP contribution in [0.2, 0.25) is 10.0 Å². The number of rotatable bonds is 3. The van der Waals surface area contributed by atoms with Crippen LogP contribution in [0.25, 0.3) is 0 Å². The lowest BCUT2D eigenvalue weighted by atomic mass is 9.76. The molecular formula is C16H13BrCl2FN. The van der Waals surface area contributed by atoms with E-state index in [4.69, 9.17) is 23.2 Å². The van der Waals surface area contributed by atoms with Gasteiger partial charge in [-0.3, -0.25) is 0 Å². The van der Waals surface area contributed by atoms with Gasteiger partial charge >= 0.3 is 0 Å². The van der Waals surface area contributed by atoms with Crippen LogP contribution in [0.3, 0.4) is 0 Å². The van der Waals surface area contributed by atoms with E-state index in [0.717, 1.165) is 23.6 Å². The molecule has 0 heterocycles. The molecule has 0 radical (unpaired) electrons. The van der Waals surface area contributed by atoms with Crippen LogP contribution >= 0.6 is 39.1 Å². The zero-order valence-corrected chi connectivity index (χ0v) is 14.1. The van der Waals surface area contributed by atoms with Gasteiger partial charge in [-0.25, -0.2) is 4.39 Å². The van der Waals surface area contributed by atoms with Crippen LogP contribution in [0, 0.1) is 5.82 Å². The smallest absolute Gasteiger partial charge is 0.125 e. The largest absolute Gasteiger partial charge is 0.380 e. The van der Waals surface area contributed by atoms with Crippen molar-refractivity contribution >= 4 is 44.8 Å². The highest BCUT2D eigenvalue weighted by atomic mass is 79.9. The molecule has 110 valence electrons. The van der Waals surface area contributed by atoms with Gasteiger partial charge in [-0.1, -0.05) is 35.3 Å². The molecule has 1 saturated carbocycles. The highest BCUT2D eigenvalue weighted by molar-refractivity contribution is 9.10. The quantitative estimate of drug-likeness (QED) is 0.654. The summed E-state index contributed by atoms with van der Waals surface area (Å²) in [6, 6.07) is 11.1. The second-order valence-electron chi connectivity index (χ2n) is 5.31. The summed E-state index contributed by atoms with van der Waals surface area (Å²) >= 11 is 15.3. The molecule has 1 aliphatic carbocycles. The van der Waals surface area contributed by atoms with Gasteiger partial charge in [0.1, 0.15) is 5.82 Å². The second-order valence-corrected chi connectivity index (χ2v) is 7.00. The molecule has 0 unspecified atom stereocenters. The summed E-state index contributed by atoms with van der Waals surface area (Å²) in [7, 11) is 0. The molecule has 3 rings (SSSR count). The van der Waals surface area contributed by atoms with Gasteiger partial charge in [-0.05, 0) is 64.5 Å². The Labute approximate surface area is 141 Å². The van der Waals surface area contributed by atoms with E-state index < -0.39 is 0 Å². The monoisotopic (exact) mass is 387 g/mol. The first-order valence-electron chi connectivity index (χ1n) is 6.69. The lowest BCUT2D eigenvalue weighted by Crippen LogP contribution is -2.34. The molecular weight excluding hydrogens is 376 g/mol. The van der Waals surface area contributed by atoms with Crippen molar-refractivity contribution in [1.29, 1.82) is 0 Å². The first-order valence-corrected chi connectivity index (χ1v) is 8.24. The van der Waals surface area contributed by atoms with E-state index >= 15 is 0 Å². The van der Waals surface area contributed by atoms with Crippen molar-refractivity contribution in [2.75, 3.05) is 5.32 Å². The molecule has 2 aromatic carbocycles. The van der Waals surface area contributed by atoms with Gasteiger partial charge in [0.25, 0.3) is 0 Å². The van der Waals surface area contributed by atoms with Crippen LogP contribution in [0.15, 0.2) is 40.9 Å². The molecule has 5 heteroatoms. The van der Waals surface area contributed by atoms with Crippen molar-refractivity contribution in [3.05, 3.63) is 62.3 Å². The minimum absolute atomic E-state index is 0.343.